The van der Waals surface area contributed by atoms with Gasteiger partial charge in [0.15, 0.2) is 0 Å². The van der Waals surface area contributed by atoms with Crippen LogP contribution in [0.25, 0.3) is 0 Å². The third-order valence-corrected chi connectivity index (χ3v) is 11.2. The zero-order chi connectivity index (χ0) is 35.0. The van der Waals surface area contributed by atoms with Crippen molar-refractivity contribution in [3.8, 4) is 0 Å². The molecule has 48 heavy (non-hydrogen) atoms. The highest BCUT2D eigenvalue weighted by Crippen LogP contribution is 2.40. The van der Waals surface area contributed by atoms with Crippen molar-refractivity contribution in [1.82, 2.24) is 0 Å². The Bertz CT molecular complexity index is 1970. The van der Waals surface area contributed by atoms with Crippen molar-refractivity contribution in [2.24, 2.45) is 0 Å². The summed E-state index contributed by atoms with van der Waals surface area (Å²) in [5.41, 5.74) is 5.49. The summed E-state index contributed by atoms with van der Waals surface area (Å²) < 4.78 is 55.7. The maximum Gasteiger partial charge on any atom is 0.261 e. The fourth-order valence-corrected chi connectivity index (χ4v) is 8.24. The molecule has 0 fully saturated rings. The number of benzene rings is 4. The molecule has 0 saturated carbocycles. The van der Waals surface area contributed by atoms with Gasteiger partial charge in [-0.2, -0.15) is 0 Å². The Kier molecular flexibility index (Phi) is 10.1. The summed E-state index contributed by atoms with van der Waals surface area (Å²) in [7, 11) is -7.53. The first-order valence-electron chi connectivity index (χ1n) is 15.0. The monoisotopic (exact) mass is 728 g/mol. The largest absolute Gasteiger partial charge is 0.310 e. The number of hydrogen-bond acceptors (Lipinski definition) is 6. The molecule has 0 spiro atoms. The molecule has 0 aromatic heterocycles. The van der Waals surface area contributed by atoms with Gasteiger partial charge in [0.25, 0.3) is 20.0 Å². The standard InChI is InChI=1S/2C17H17ClN2O3S/c2*1-11-3-5-15(6-4-11)24(22,23)19-16-10-14(18)9-13-7-8-20(12(2)21)17(13)16/h2*3-6,9-10,19H,7-8H2,1-2H3. The number of halogens is 2. The molecule has 2 N–H and O–H groups in total. The van der Waals surface area contributed by atoms with Crippen LogP contribution >= 0.6 is 23.2 Å². The van der Waals surface area contributed by atoms with Gasteiger partial charge < -0.3 is 9.80 Å². The maximum absolute atomic E-state index is 12.6. The first-order valence-corrected chi connectivity index (χ1v) is 18.7. The second kappa shape index (κ2) is 13.8. The zero-order valence-corrected chi connectivity index (χ0v) is 29.8. The number of nitrogens with one attached hydrogen (secondary N) is 2. The smallest absolute Gasteiger partial charge is 0.261 e. The molecule has 0 saturated heterocycles. The first kappa shape index (κ1) is 35.2. The second-order valence-electron chi connectivity index (χ2n) is 11.6. The lowest BCUT2D eigenvalue weighted by atomic mass is 10.1. The summed E-state index contributed by atoms with van der Waals surface area (Å²) in [5, 5.41) is 0.863. The van der Waals surface area contributed by atoms with Crippen LogP contribution in [0.5, 0.6) is 0 Å². The molecule has 2 aliphatic rings. The van der Waals surface area contributed by atoms with E-state index < -0.39 is 20.0 Å². The van der Waals surface area contributed by atoms with Gasteiger partial charge >= 0.3 is 0 Å². The molecule has 0 atom stereocenters. The summed E-state index contributed by atoms with van der Waals surface area (Å²) in [6, 6.07) is 19.7. The lowest BCUT2D eigenvalue weighted by molar-refractivity contribution is -0.117. The van der Waals surface area contributed by atoms with Crippen LogP contribution in [0.2, 0.25) is 10.0 Å². The number of nitrogens with zero attached hydrogens (tertiary/aromatic N) is 2. The summed E-state index contributed by atoms with van der Waals surface area (Å²) in [6.07, 6.45) is 1.30. The molecule has 4 aromatic rings. The zero-order valence-electron chi connectivity index (χ0n) is 26.7. The highest BCUT2D eigenvalue weighted by molar-refractivity contribution is 7.93. The van der Waals surface area contributed by atoms with Crippen LogP contribution in [-0.2, 0) is 42.5 Å². The third kappa shape index (κ3) is 7.62. The number of rotatable bonds is 6. The number of sulfonamides is 2. The first-order chi connectivity index (χ1) is 22.6. The highest BCUT2D eigenvalue weighted by Gasteiger charge is 2.29. The van der Waals surface area contributed by atoms with E-state index in [2.05, 4.69) is 9.44 Å². The molecule has 14 heteroatoms. The molecule has 2 heterocycles. The van der Waals surface area contributed by atoms with E-state index in [0.29, 0.717) is 58.7 Å². The third-order valence-electron chi connectivity index (χ3n) is 7.97. The number of carbonyl (C=O) groups excluding carboxylic acids is 2. The number of hydrogen-bond donors (Lipinski definition) is 2. The molecule has 0 unspecified atom stereocenters. The second-order valence-corrected chi connectivity index (χ2v) is 15.8. The van der Waals surface area contributed by atoms with E-state index in [4.69, 9.17) is 23.2 Å². The Morgan fingerprint density at radius 3 is 1.25 bits per heavy atom. The quantitative estimate of drug-likeness (QED) is 0.227. The van der Waals surface area contributed by atoms with Crippen molar-refractivity contribution in [1.29, 1.82) is 0 Å². The van der Waals surface area contributed by atoms with Gasteiger partial charge in [-0.3, -0.25) is 19.0 Å². The van der Waals surface area contributed by atoms with E-state index in [1.54, 1.807) is 70.5 Å². The summed E-state index contributed by atoms with van der Waals surface area (Å²) in [5.74, 6) is -0.265. The van der Waals surface area contributed by atoms with Crippen molar-refractivity contribution in [3.05, 3.63) is 105 Å². The molecular weight excluding hydrogens is 695 g/mol. The SMILES string of the molecule is CC(=O)N1CCc2cc(Cl)cc(NS(=O)(=O)c3ccc(C)cc3)c21.CC(=O)N1CCc2cc(Cl)cc(NS(=O)(=O)c3ccc(C)cc3)c21. The van der Waals surface area contributed by atoms with E-state index in [1.165, 1.54) is 26.0 Å². The van der Waals surface area contributed by atoms with Gasteiger partial charge in [-0.25, -0.2) is 16.8 Å². The molecule has 0 bridgehead atoms. The Hall–Kier alpha value is -4.10. The van der Waals surface area contributed by atoms with Crippen molar-refractivity contribution in [3.63, 3.8) is 0 Å². The molecule has 0 aliphatic carbocycles. The predicted molar refractivity (Wildman–Crippen MR) is 190 cm³/mol. The van der Waals surface area contributed by atoms with Crippen molar-refractivity contribution < 1.29 is 26.4 Å². The number of anilines is 4. The number of fused-ring (bicyclic) bond motifs is 2. The summed E-state index contributed by atoms with van der Waals surface area (Å²) in [4.78, 5) is 27.1. The summed E-state index contributed by atoms with van der Waals surface area (Å²) in [6.45, 7) is 7.73. The van der Waals surface area contributed by atoms with Gasteiger partial charge in [0.2, 0.25) is 11.8 Å². The lowest BCUT2D eigenvalue weighted by Crippen LogP contribution is -2.27. The minimum absolute atomic E-state index is 0.133. The van der Waals surface area contributed by atoms with E-state index >= 15 is 0 Å². The molecule has 10 nitrogen and oxygen atoms in total. The average molecular weight is 730 g/mol. The molecule has 4 aromatic carbocycles. The van der Waals surface area contributed by atoms with Crippen LogP contribution in [0.1, 0.15) is 36.1 Å². The number of amides is 2. The number of carbonyl (C=O) groups is 2. The fraction of sp³-hybridized carbons (Fsp3) is 0.235. The van der Waals surface area contributed by atoms with Gasteiger partial charge in [0, 0.05) is 37.0 Å². The Labute approximate surface area is 290 Å². The van der Waals surface area contributed by atoms with Crippen LogP contribution < -0.4 is 19.2 Å². The topological polar surface area (TPSA) is 133 Å². The lowest BCUT2D eigenvalue weighted by Gasteiger charge is -2.20. The minimum Gasteiger partial charge on any atom is -0.310 e. The molecule has 2 aliphatic heterocycles. The van der Waals surface area contributed by atoms with Gasteiger partial charge in [-0.1, -0.05) is 58.6 Å². The molecule has 6 rings (SSSR count). The van der Waals surface area contributed by atoms with E-state index in [9.17, 15) is 26.4 Å². The van der Waals surface area contributed by atoms with E-state index in [1.807, 2.05) is 13.8 Å². The van der Waals surface area contributed by atoms with Crippen LogP contribution in [0.4, 0.5) is 22.7 Å². The molecule has 252 valence electrons. The summed E-state index contributed by atoms with van der Waals surface area (Å²) >= 11 is 12.2. The van der Waals surface area contributed by atoms with Crippen LogP contribution in [-0.4, -0.2) is 41.7 Å². The van der Waals surface area contributed by atoms with E-state index in [-0.39, 0.29) is 21.6 Å². The number of aryl methyl sites for hydroxylation is 2. The van der Waals surface area contributed by atoms with Crippen LogP contribution in [0.3, 0.4) is 0 Å². The Balaban J connectivity index is 0.000000188. The molecular formula is C34H34Cl2N4O6S2. The Morgan fingerprint density at radius 1 is 0.604 bits per heavy atom. The van der Waals surface area contributed by atoms with Gasteiger partial charge in [-0.15, -0.1) is 0 Å². The van der Waals surface area contributed by atoms with E-state index in [0.717, 1.165) is 22.3 Å². The van der Waals surface area contributed by atoms with Gasteiger partial charge in [0.1, 0.15) is 0 Å². The van der Waals surface area contributed by atoms with Crippen molar-refractivity contribution in [2.75, 3.05) is 32.3 Å². The van der Waals surface area contributed by atoms with Gasteiger partial charge in [0.05, 0.1) is 32.5 Å². The minimum atomic E-state index is -3.76. The normalized spacial score (nSPS) is 13.7. The average Bonchev–Trinajstić information content (AvgIpc) is 3.63. The fourth-order valence-electron chi connectivity index (χ4n) is 5.65. The highest BCUT2D eigenvalue weighted by atomic mass is 35.5. The maximum atomic E-state index is 12.6. The molecule has 0 radical (unpaired) electrons. The van der Waals surface area contributed by atoms with Crippen molar-refractivity contribution >= 4 is 77.8 Å². The van der Waals surface area contributed by atoms with Crippen LogP contribution in [0.15, 0.2) is 82.6 Å². The van der Waals surface area contributed by atoms with Crippen molar-refractivity contribution in [2.45, 2.75) is 50.3 Å². The van der Waals surface area contributed by atoms with Gasteiger partial charge in [-0.05, 0) is 86.3 Å². The van der Waals surface area contributed by atoms with Crippen LogP contribution in [0, 0.1) is 13.8 Å². The predicted octanol–water partition coefficient (Wildman–Crippen LogP) is 6.72. The molecule has 2 amide bonds. The Morgan fingerprint density at radius 2 is 0.938 bits per heavy atom.